The molecule has 0 fully saturated rings. The van der Waals surface area contributed by atoms with E-state index in [1.165, 1.54) is 7.11 Å². The van der Waals surface area contributed by atoms with Crippen LogP contribution < -0.4 is 9.47 Å². The van der Waals surface area contributed by atoms with Crippen LogP contribution in [-0.2, 0) is 11.2 Å². The number of carbonyl (C=O) groups excluding carboxylic acids is 1. The minimum absolute atomic E-state index is 0.145. The number of ether oxygens (including phenoxy) is 2. The SMILES string of the molecule is COc1cc2c(cc1OC)C(CC(=O)O)N(C(=O)c1cccc(C)c1C)CC2. The van der Waals surface area contributed by atoms with E-state index in [9.17, 15) is 14.7 Å². The number of fused-ring (bicyclic) bond motifs is 1. The zero-order chi connectivity index (χ0) is 20.4. The Morgan fingerprint density at radius 1 is 1.14 bits per heavy atom. The summed E-state index contributed by atoms with van der Waals surface area (Å²) in [5, 5.41) is 9.49. The molecule has 6 nitrogen and oxygen atoms in total. The van der Waals surface area contributed by atoms with Crippen molar-refractivity contribution in [3.8, 4) is 11.5 Å². The van der Waals surface area contributed by atoms with Crippen LogP contribution in [0.25, 0.3) is 0 Å². The molecule has 1 unspecified atom stereocenters. The first kappa shape index (κ1) is 19.7. The van der Waals surface area contributed by atoms with Crippen molar-refractivity contribution in [2.75, 3.05) is 20.8 Å². The highest BCUT2D eigenvalue weighted by Crippen LogP contribution is 2.40. The molecular formula is C22H25NO5. The summed E-state index contributed by atoms with van der Waals surface area (Å²) in [4.78, 5) is 26.6. The van der Waals surface area contributed by atoms with E-state index in [0.29, 0.717) is 30.0 Å². The molecule has 1 atom stereocenters. The van der Waals surface area contributed by atoms with Crippen LogP contribution in [0.2, 0.25) is 0 Å². The molecule has 0 spiro atoms. The summed E-state index contributed by atoms with van der Waals surface area (Å²) in [6.45, 7) is 4.33. The Morgan fingerprint density at radius 2 is 1.82 bits per heavy atom. The largest absolute Gasteiger partial charge is 0.493 e. The van der Waals surface area contributed by atoms with E-state index in [4.69, 9.17) is 9.47 Å². The van der Waals surface area contributed by atoms with Crippen LogP contribution in [0.1, 0.15) is 45.1 Å². The number of aryl methyl sites for hydroxylation is 1. The van der Waals surface area contributed by atoms with Crippen molar-refractivity contribution in [2.24, 2.45) is 0 Å². The number of hydrogen-bond donors (Lipinski definition) is 1. The monoisotopic (exact) mass is 383 g/mol. The Morgan fingerprint density at radius 3 is 2.46 bits per heavy atom. The van der Waals surface area contributed by atoms with Crippen LogP contribution in [0.5, 0.6) is 11.5 Å². The second-order valence-corrected chi connectivity index (χ2v) is 7.02. The van der Waals surface area contributed by atoms with Crippen molar-refractivity contribution >= 4 is 11.9 Å². The van der Waals surface area contributed by atoms with Gasteiger partial charge in [-0.05, 0) is 60.7 Å². The summed E-state index contributed by atoms with van der Waals surface area (Å²) in [5.41, 5.74) is 4.34. The van der Waals surface area contributed by atoms with E-state index in [1.54, 1.807) is 24.1 Å². The summed E-state index contributed by atoms with van der Waals surface area (Å²) in [5.74, 6) is 0.0292. The van der Waals surface area contributed by atoms with Gasteiger partial charge in [-0.3, -0.25) is 9.59 Å². The van der Waals surface area contributed by atoms with Crippen LogP contribution in [0.4, 0.5) is 0 Å². The fourth-order valence-electron chi connectivity index (χ4n) is 3.79. The van der Waals surface area contributed by atoms with Gasteiger partial charge in [0.05, 0.1) is 26.7 Å². The molecule has 0 radical (unpaired) electrons. The van der Waals surface area contributed by atoms with Gasteiger partial charge in [0.1, 0.15) is 0 Å². The number of hydrogen-bond acceptors (Lipinski definition) is 4. The summed E-state index contributed by atoms with van der Waals surface area (Å²) in [6.07, 6.45) is 0.460. The number of nitrogens with zero attached hydrogens (tertiary/aromatic N) is 1. The van der Waals surface area contributed by atoms with Gasteiger partial charge in [0.2, 0.25) is 0 Å². The van der Waals surface area contributed by atoms with Gasteiger partial charge < -0.3 is 19.5 Å². The maximum absolute atomic E-state index is 13.3. The second kappa shape index (κ2) is 7.92. The molecule has 2 aromatic rings. The number of methoxy groups -OCH3 is 2. The number of carboxylic acid groups (broad SMARTS) is 1. The first-order chi connectivity index (χ1) is 13.4. The highest BCUT2D eigenvalue weighted by Gasteiger charge is 2.34. The van der Waals surface area contributed by atoms with Crippen molar-refractivity contribution in [2.45, 2.75) is 32.7 Å². The van der Waals surface area contributed by atoms with Gasteiger partial charge in [0.25, 0.3) is 5.91 Å². The first-order valence-corrected chi connectivity index (χ1v) is 9.21. The summed E-state index contributed by atoms with van der Waals surface area (Å²) >= 11 is 0. The molecule has 0 saturated heterocycles. The van der Waals surface area contributed by atoms with Crippen molar-refractivity contribution in [3.05, 3.63) is 58.1 Å². The Bertz CT molecular complexity index is 921. The van der Waals surface area contributed by atoms with Crippen molar-refractivity contribution in [1.82, 2.24) is 4.90 Å². The number of rotatable bonds is 5. The van der Waals surface area contributed by atoms with Crippen LogP contribution in [-0.4, -0.2) is 42.6 Å². The first-order valence-electron chi connectivity index (χ1n) is 9.21. The quantitative estimate of drug-likeness (QED) is 0.855. The van der Waals surface area contributed by atoms with Gasteiger partial charge in [-0.1, -0.05) is 12.1 Å². The third-order valence-corrected chi connectivity index (χ3v) is 5.47. The lowest BCUT2D eigenvalue weighted by Crippen LogP contribution is -2.41. The Balaban J connectivity index is 2.07. The maximum atomic E-state index is 13.3. The van der Waals surface area contributed by atoms with E-state index in [2.05, 4.69) is 0 Å². The van der Waals surface area contributed by atoms with E-state index in [1.807, 2.05) is 32.0 Å². The molecular weight excluding hydrogens is 358 g/mol. The van der Waals surface area contributed by atoms with Gasteiger partial charge in [-0.15, -0.1) is 0 Å². The topological polar surface area (TPSA) is 76.1 Å². The Kier molecular flexibility index (Phi) is 5.58. The predicted molar refractivity (Wildman–Crippen MR) is 105 cm³/mol. The molecule has 2 aromatic carbocycles. The summed E-state index contributed by atoms with van der Waals surface area (Å²) < 4.78 is 10.8. The molecule has 1 aliphatic rings. The van der Waals surface area contributed by atoms with E-state index < -0.39 is 12.0 Å². The molecule has 28 heavy (non-hydrogen) atoms. The lowest BCUT2D eigenvalue weighted by atomic mass is 9.89. The number of carbonyl (C=O) groups is 2. The average Bonchev–Trinajstić information content (AvgIpc) is 2.68. The molecule has 1 heterocycles. The molecule has 0 aromatic heterocycles. The van der Waals surface area contributed by atoms with Gasteiger partial charge >= 0.3 is 5.97 Å². The third-order valence-electron chi connectivity index (χ3n) is 5.47. The van der Waals surface area contributed by atoms with Crippen LogP contribution in [0.15, 0.2) is 30.3 Å². The zero-order valence-corrected chi connectivity index (χ0v) is 16.6. The highest BCUT2D eigenvalue weighted by atomic mass is 16.5. The molecule has 6 heteroatoms. The minimum Gasteiger partial charge on any atom is -0.493 e. The van der Waals surface area contributed by atoms with Gasteiger partial charge in [-0.25, -0.2) is 0 Å². The maximum Gasteiger partial charge on any atom is 0.305 e. The molecule has 3 rings (SSSR count). The second-order valence-electron chi connectivity index (χ2n) is 7.02. The van der Waals surface area contributed by atoms with Crippen LogP contribution in [0, 0.1) is 13.8 Å². The molecule has 148 valence electrons. The molecule has 1 aliphatic heterocycles. The number of carboxylic acids is 1. The normalized spacial score (nSPS) is 15.7. The summed E-state index contributed by atoms with van der Waals surface area (Å²) in [6, 6.07) is 8.73. The number of benzene rings is 2. The molecule has 1 N–H and O–H groups in total. The lowest BCUT2D eigenvalue weighted by molar-refractivity contribution is -0.138. The van der Waals surface area contributed by atoms with Crippen molar-refractivity contribution < 1.29 is 24.2 Å². The number of aliphatic carboxylic acids is 1. The molecule has 0 bridgehead atoms. The zero-order valence-electron chi connectivity index (χ0n) is 16.6. The van der Waals surface area contributed by atoms with E-state index in [-0.39, 0.29) is 12.3 Å². The van der Waals surface area contributed by atoms with Gasteiger partial charge in [-0.2, -0.15) is 0 Å². The van der Waals surface area contributed by atoms with E-state index in [0.717, 1.165) is 22.3 Å². The van der Waals surface area contributed by atoms with Crippen LogP contribution in [0.3, 0.4) is 0 Å². The molecule has 0 aliphatic carbocycles. The fraction of sp³-hybridized carbons (Fsp3) is 0.364. The van der Waals surface area contributed by atoms with Gasteiger partial charge in [0.15, 0.2) is 11.5 Å². The highest BCUT2D eigenvalue weighted by molar-refractivity contribution is 5.96. The van der Waals surface area contributed by atoms with Crippen LogP contribution >= 0.6 is 0 Å². The van der Waals surface area contributed by atoms with Crippen molar-refractivity contribution in [1.29, 1.82) is 0 Å². The lowest BCUT2D eigenvalue weighted by Gasteiger charge is -2.37. The van der Waals surface area contributed by atoms with Crippen molar-refractivity contribution in [3.63, 3.8) is 0 Å². The molecule has 0 saturated carbocycles. The standard InChI is InChI=1S/C22H25NO5/c1-13-6-5-7-16(14(13)2)22(26)23-9-8-15-10-19(27-3)20(28-4)11-17(15)18(23)12-21(24)25/h5-7,10-11,18H,8-9,12H2,1-4H3,(H,24,25). The average molecular weight is 383 g/mol. The predicted octanol–water partition coefficient (Wildman–Crippen LogP) is 3.53. The third kappa shape index (κ3) is 3.54. The molecule has 1 amide bonds. The smallest absolute Gasteiger partial charge is 0.305 e. The van der Waals surface area contributed by atoms with E-state index >= 15 is 0 Å². The minimum atomic E-state index is -0.952. The van der Waals surface area contributed by atoms with Gasteiger partial charge in [0, 0.05) is 12.1 Å². The summed E-state index contributed by atoms with van der Waals surface area (Å²) in [7, 11) is 3.11. The number of amides is 1. The Labute approximate surface area is 164 Å². The fourth-order valence-corrected chi connectivity index (χ4v) is 3.79. The Hall–Kier alpha value is -3.02.